The number of rotatable bonds is 1. The van der Waals surface area contributed by atoms with Gasteiger partial charge in [-0.25, -0.2) is 0 Å². The summed E-state index contributed by atoms with van der Waals surface area (Å²) in [5.74, 6) is 0. The summed E-state index contributed by atoms with van der Waals surface area (Å²) >= 11 is 9.21. The zero-order chi connectivity index (χ0) is 12.2. The van der Waals surface area contributed by atoms with Gasteiger partial charge in [0.2, 0.25) is 0 Å². The summed E-state index contributed by atoms with van der Waals surface area (Å²) in [7, 11) is -3.61. The maximum absolute atomic E-state index is 11.9. The van der Waals surface area contributed by atoms with Crippen molar-refractivity contribution in [2.45, 2.75) is 23.8 Å². The molecule has 0 amide bonds. The molecule has 90 valence electrons. The largest absolute Gasteiger partial charge is 0.327 e. The Balaban J connectivity index is 2.28. The number of hydrogen-bond acceptors (Lipinski definition) is 3. The third-order valence-electron chi connectivity index (χ3n) is 2.78. The van der Waals surface area contributed by atoms with Crippen LogP contribution in [0.3, 0.4) is 0 Å². The molecule has 0 spiro atoms. The number of nitrogens with zero attached hydrogens (tertiary/aromatic N) is 2. The van der Waals surface area contributed by atoms with Crippen LogP contribution in [0.1, 0.15) is 12.8 Å². The van der Waals surface area contributed by atoms with Gasteiger partial charge in [-0.1, -0.05) is 11.6 Å². The van der Waals surface area contributed by atoms with Crippen LogP contribution in [0.25, 0.3) is 0 Å². The minimum absolute atomic E-state index is 0.205. The highest BCUT2D eigenvalue weighted by molar-refractivity contribution is 9.10. The molecule has 0 aromatic heterocycles. The average molecular weight is 336 g/mol. The summed E-state index contributed by atoms with van der Waals surface area (Å²) < 4.78 is 27.9. The molecule has 0 unspecified atom stereocenters. The molecule has 0 radical (unpaired) electrons. The lowest BCUT2D eigenvalue weighted by molar-refractivity contribution is 0.596. The molecule has 17 heavy (non-hydrogen) atoms. The second kappa shape index (κ2) is 3.70. The fraction of sp³-hybridized carbons (Fsp3) is 0.300. The van der Waals surface area contributed by atoms with Gasteiger partial charge in [-0.05, 0) is 40.9 Å². The van der Waals surface area contributed by atoms with Crippen LogP contribution in [0, 0.1) is 0 Å². The van der Waals surface area contributed by atoms with Crippen LogP contribution in [0.4, 0.5) is 5.69 Å². The highest BCUT2D eigenvalue weighted by Crippen LogP contribution is 2.42. The Labute approximate surface area is 112 Å². The van der Waals surface area contributed by atoms with E-state index in [-0.39, 0.29) is 4.90 Å². The Morgan fingerprint density at radius 2 is 2.12 bits per heavy atom. The van der Waals surface area contributed by atoms with Gasteiger partial charge >= 0.3 is 0 Å². The summed E-state index contributed by atoms with van der Waals surface area (Å²) in [6.45, 7) is 0. The van der Waals surface area contributed by atoms with Gasteiger partial charge in [0.15, 0.2) is 0 Å². The SMILES string of the molecule is O=S1(=O)N=CN(C2CC2)c2cc(Cl)cc(Br)c21. The predicted octanol–water partition coefficient (Wildman–Crippen LogP) is 2.80. The number of hydrogen-bond donors (Lipinski definition) is 0. The van der Waals surface area contributed by atoms with Crippen LogP contribution in [0.5, 0.6) is 0 Å². The molecule has 1 aromatic carbocycles. The molecule has 1 aromatic rings. The molecule has 1 fully saturated rings. The van der Waals surface area contributed by atoms with Crippen molar-refractivity contribution < 1.29 is 8.42 Å². The minimum Gasteiger partial charge on any atom is -0.327 e. The van der Waals surface area contributed by atoms with Gasteiger partial charge in [0.1, 0.15) is 11.2 Å². The van der Waals surface area contributed by atoms with Crippen molar-refractivity contribution in [2.75, 3.05) is 4.90 Å². The third kappa shape index (κ3) is 1.88. The standard InChI is InChI=1S/C10H8BrClN2O2S/c11-8-3-6(12)4-9-10(8)17(15,16)13-5-14(9)7-1-2-7/h3-5,7H,1-2H2. The molecule has 1 saturated carbocycles. The zero-order valence-electron chi connectivity index (χ0n) is 8.60. The van der Waals surface area contributed by atoms with E-state index in [0.29, 0.717) is 21.2 Å². The molecule has 0 N–H and O–H groups in total. The van der Waals surface area contributed by atoms with Gasteiger partial charge in [-0.2, -0.15) is 8.42 Å². The fourth-order valence-corrected chi connectivity index (χ4v) is 4.34. The first kappa shape index (κ1) is 11.5. The van der Waals surface area contributed by atoms with E-state index in [1.165, 1.54) is 6.34 Å². The van der Waals surface area contributed by atoms with Crippen molar-refractivity contribution in [1.29, 1.82) is 0 Å². The van der Waals surface area contributed by atoms with Gasteiger partial charge in [-0.15, -0.1) is 4.40 Å². The van der Waals surface area contributed by atoms with Crippen molar-refractivity contribution >= 4 is 49.6 Å². The summed E-state index contributed by atoms with van der Waals surface area (Å²) in [5.41, 5.74) is 0.613. The lowest BCUT2D eigenvalue weighted by atomic mass is 10.3. The second-order valence-corrected chi connectivity index (χ2v) is 6.93. The minimum atomic E-state index is -3.61. The van der Waals surface area contributed by atoms with Crippen molar-refractivity contribution in [3.8, 4) is 0 Å². The second-order valence-electron chi connectivity index (χ2n) is 4.07. The monoisotopic (exact) mass is 334 g/mol. The van der Waals surface area contributed by atoms with Crippen molar-refractivity contribution in [3.63, 3.8) is 0 Å². The van der Waals surface area contributed by atoms with Gasteiger partial charge < -0.3 is 4.90 Å². The summed E-state index contributed by atoms with van der Waals surface area (Å²) in [5, 5.41) is 0.506. The van der Waals surface area contributed by atoms with Crippen LogP contribution < -0.4 is 4.90 Å². The van der Waals surface area contributed by atoms with Gasteiger partial charge in [-0.3, -0.25) is 0 Å². The molecule has 0 saturated heterocycles. The molecule has 4 nitrogen and oxygen atoms in total. The quantitative estimate of drug-likeness (QED) is 0.793. The lowest BCUT2D eigenvalue weighted by Gasteiger charge is -2.25. The van der Waals surface area contributed by atoms with Crippen LogP contribution in [-0.4, -0.2) is 20.8 Å². The van der Waals surface area contributed by atoms with Crippen molar-refractivity contribution in [3.05, 3.63) is 21.6 Å². The van der Waals surface area contributed by atoms with E-state index in [1.807, 2.05) is 4.90 Å². The van der Waals surface area contributed by atoms with Crippen molar-refractivity contribution in [1.82, 2.24) is 0 Å². The number of benzene rings is 1. The fourth-order valence-electron chi connectivity index (χ4n) is 1.87. The molecule has 0 bridgehead atoms. The maximum Gasteiger partial charge on any atom is 0.286 e. The molecular weight excluding hydrogens is 328 g/mol. The van der Waals surface area contributed by atoms with E-state index in [0.717, 1.165) is 12.8 Å². The Bertz CT molecular complexity index is 625. The smallest absolute Gasteiger partial charge is 0.286 e. The number of halogens is 2. The Kier molecular flexibility index (Phi) is 2.50. The van der Waals surface area contributed by atoms with Gasteiger partial charge in [0.25, 0.3) is 10.0 Å². The van der Waals surface area contributed by atoms with E-state index >= 15 is 0 Å². The first-order chi connectivity index (χ1) is 7.99. The highest BCUT2D eigenvalue weighted by atomic mass is 79.9. The summed E-state index contributed by atoms with van der Waals surface area (Å²) in [6, 6.07) is 3.59. The normalized spacial score (nSPS) is 21.4. The lowest BCUT2D eigenvalue weighted by Crippen LogP contribution is -2.29. The number of sulfonamides is 1. The molecule has 7 heteroatoms. The summed E-state index contributed by atoms with van der Waals surface area (Å²) in [4.78, 5) is 2.09. The number of anilines is 1. The Morgan fingerprint density at radius 3 is 2.76 bits per heavy atom. The Hall–Kier alpha value is -0.590. The Morgan fingerprint density at radius 1 is 1.41 bits per heavy atom. The van der Waals surface area contributed by atoms with E-state index in [9.17, 15) is 8.42 Å². The molecule has 0 atom stereocenters. The summed E-state index contributed by atoms with van der Waals surface area (Å²) in [6.07, 6.45) is 3.49. The zero-order valence-corrected chi connectivity index (χ0v) is 11.8. The van der Waals surface area contributed by atoms with Crippen LogP contribution in [0.15, 0.2) is 25.9 Å². The molecule has 1 aliphatic carbocycles. The highest BCUT2D eigenvalue weighted by Gasteiger charge is 2.36. The van der Waals surface area contributed by atoms with Gasteiger partial charge in [0.05, 0.1) is 5.69 Å². The topological polar surface area (TPSA) is 49.7 Å². The van der Waals surface area contributed by atoms with E-state index in [2.05, 4.69) is 20.3 Å². The molecule has 1 heterocycles. The predicted molar refractivity (Wildman–Crippen MR) is 70.3 cm³/mol. The van der Waals surface area contributed by atoms with Crippen molar-refractivity contribution in [2.24, 2.45) is 4.40 Å². The number of fused-ring (bicyclic) bond motifs is 1. The first-order valence-corrected chi connectivity index (χ1v) is 7.68. The third-order valence-corrected chi connectivity index (χ3v) is 5.20. The first-order valence-electron chi connectivity index (χ1n) is 5.07. The van der Waals surface area contributed by atoms with E-state index in [4.69, 9.17) is 11.6 Å². The van der Waals surface area contributed by atoms with E-state index in [1.54, 1.807) is 12.1 Å². The maximum atomic E-state index is 11.9. The van der Waals surface area contributed by atoms with E-state index < -0.39 is 10.0 Å². The average Bonchev–Trinajstić information content (AvgIpc) is 2.99. The van der Waals surface area contributed by atoms with Crippen LogP contribution in [-0.2, 0) is 10.0 Å². The molecular formula is C10H8BrClN2O2S. The molecule has 2 aliphatic rings. The molecule has 3 rings (SSSR count). The van der Waals surface area contributed by atoms with Crippen LogP contribution in [0.2, 0.25) is 5.02 Å². The molecule has 1 aliphatic heterocycles. The van der Waals surface area contributed by atoms with Gasteiger partial charge in [0, 0.05) is 15.5 Å². The van der Waals surface area contributed by atoms with Crippen LogP contribution >= 0.6 is 27.5 Å².